The number of nitro groups is 1. The number of hydrogen-bond acceptors (Lipinski definition) is 4. The summed E-state index contributed by atoms with van der Waals surface area (Å²) in [5.74, 6) is 0. The van der Waals surface area contributed by atoms with Crippen molar-refractivity contribution in [3.05, 3.63) is 33.6 Å². The van der Waals surface area contributed by atoms with Crippen LogP contribution in [0.15, 0.2) is 12.3 Å². The van der Waals surface area contributed by atoms with E-state index in [4.69, 9.17) is 5.11 Å². The van der Waals surface area contributed by atoms with Crippen LogP contribution in [0.3, 0.4) is 0 Å². The zero-order valence-corrected chi connectivity index (χ0v) is 8.10. The molecule has 0 aliphatic rings. The highest BCUT2D eigenvalue weighted by Gasteiger charge is 2.11. The molecule has 1 heterocycles. The summed E-state index contributed by atoms with van der Waals surface area (Å²) in [4.78, 5) is 13.9. The van der Waals surface area contributed by atoms with Crippen molar-refractivity contribution in [1.82, 2.24) is 4.98 Å². The Morgan fingerprint density at radius 3 is 2.79 bits per heavy atom. The number of aryl methyl sites for hydroxylation is 1. The van der Waals surface area contributed by atoms with Crippen LogP contribution in [0, 0.1) is 17.0 Å². The summed E-state index contributed by atoms with van der Waals surface area (Å²) in [6, 6.07) is 1.63. The fraction of sp³-hybridized carbons (Fsp3) is 0.444. The lowest BCUT2D eigenvalue weighted by molar-refractivity contribution is -0.385. The topological polar surface area (TPSA) is 76.3 Å². The van der Waals surface area contributed by atoms with Crippen molar-refractivity contribution in [2.45, 2.75) is 26.4 Å². The minimum absolute atomic E-state index is 0.0133. The van der Waals surface area contributed by atoms with E-state index in [0.29, 0.717) is 17.7 Å². The third-order valence-corrected chi connectivity index (χ3v) is 1.84. The molecule has 0 aromatic carbocycles. The second-order valence-electron chi connectivity index (χ2n) is 3.27. The van der Waals surface area contributed by atoms with Gasteiger partial charge in [0.05, 0.1) is 11.0 Å². The van der Waals surface area contributed by atoms with E-state index in [-0.39, 0.29) is 5.69 Å². The first-order chi connectivity index (χ1) is 6.50. The third-order valence-electron chi connectivity index (χ3n) is 1.84. The fourth-order valence-corrected chi connectivity index (χ4v) is 1.21. The monoisotopic (exact) mass is 196 g/mol. The van der Waals surface area contributed by atoms with Gasteiger partial charge in [-0.1, -0.05) is 0 Å². The minimum atomic E-state index is -0.483. The maximum atomic E-state index is 10.5. The summed E-state index contributed by atoms with van der Waals surface area (Å²) in [5, 5.41) is 19.6. The number of aromatic nitrogens is 1. The van der Waals surface area contributed by atoms with E-state index in [2.05, 4.69) is 4.98 Å². The Bertz CT molecular complexity index is 350. The molecule has 1 unspecified atom stereocenters. The Morgan fingerprint density at radius 1 is 1.71 bits per heavy atom. The Morgan fingerprint density at radius 2 is 2.36 bits per heavy atom. The third kappa shape index (κ3) is 2.50. The molecule has 14 heavy (non-hydrogen) atoms. The SMILES string of the molecule is Cc1cc(CC(C)O)ncc1[N+](=O)[O-]. The maximum absolute atomic E-state index is 10.5. The van der Waals surface area contributed by atoms with Gasteiger partial charge in [0.25, 0.3) is 5.69 Å². The van der Waals surface area contributed by atoms with Gasteiger partial charge in [-0.15, -0.1) is 0 Å². The first kappa shape index (κ1) is 10.6. The molecule has 1 aromatic heterocycles. The van der Waals surface area contributed by atoms with E-state index < -0.39 is 11.0 Å². The first-order valence-electron chi connectivity index (χ1n) is 4.28. The number of nitrogens with zero attached hydrogens (tertiary/aromatic N) is 2. The molecular weight excluding hydrogens is 184 g/mol. The van der Waals surface area contributed by atoms with Crippen LogP contribution in [-0.4, -0.2) is 21.1 Å². The van der Waals surface area contributed by atoms with Gasteiger partial charge in [0, 0.05) is 17.7 Å². The molecule has 0 aliphatic heterocycles. The van der Waals surface area contributed by atoms with Crippen LogP contribution in [0.5, 0.6) is 0 Å². The molecule has 0 radical (unpaired) electrons. The quantitative estimate of drug-likeness (QED) is 0.582. The summed E-state index contributed by atoms with van der Waals surface area (Å²) in [7, 11) is 0. The molecule has 0 saturated heterocycles. The highest BCUT2D eigenvalue weighted by Crippen LogP contribution is 2.16. The number of rotatable bonds is 3. The molecule has 1 N–H and O–H groups in total. The van der Waals surface area contributed by atoms with Crippen LogP contribution >= 0.6 is 0 Å². The summed E-state index contributed by atoms with van der Waals surface area (Å²) >= 11 is 0. The first-order valence-corrected chi connectivity index (χ1v) is 4.28. The largest absolute Gasteiger partial charge is 0.393 e. The van der Waals surface area contributed by atoms with Crippen molar-refractivity contribution in [2.24, 2.45) is 0 Å². The van der Waals surface area contributed by atoms with Crippen molar-refractivity contribution in [3.8, 4) is 0 Å². The maximum Gasteiger partial charge on any atom is 0.290 e. The highest BCUT2D eigenvalue weighted by molar-refractivity contribution is 5.37. The lowest BCUT2D eigenvalue weighted by atomic mass is 10.1. The summed E-state index contributed by atoms with van der Waals surface area (Å²) in [6.07, 6.45) is 1.16. The number of pyridine rings is 1. The van der Waals surface area contributed by atoms with Crippen LogP contribution in [0.25, 0.3) is 0 Å². The van der Waals surface area contributed by atoms with Crippen molar-refractivity contribution >= 4 is 5.69 Å². The van der Waals surface area contributed by atoms with Crippen LogP contribution in [0.1, 0.15) is 18.2 Å². The normalized spacial score (nSPS) is 12.5. The Hall–Kier alpha value is -1.49. The van der Waals surface area contributed by atoms with Gasteiger partial charge in [-0.3, -0.25) is 15.1 Å². The molecule has 0 saturated carbocycles. The van der Waals surface area contributed by atoms with E-state index in [1.807, 2.05) is 0 Å². The number of aliphatic hydroxyl groups is 1. The van der Waals surface area contributed by atoms with Crippen molar-refractivity contribution in [1.29, 1.82) is 0 Å². The molecule has 0 aliphatic carbocycles. The average molecular weight is 196 g/mol. The predicted molar refractivity (Wildman–Crippen MR) is 51.0 cm³/mol. The second kappa shape index (κ2) is 4.15. The van der Waals surface area contributed by atoms with Gasteiger partial charge in [0.15, 0.2) is 0 Å². The van der Waals surface area contributed by atoms with Crippen LogP contribution < -0.4 is 0 Å². The second-order valence-corrected chi connectivity index (χ2v) is 3.27. The molecule has 1 rings (SSSR count). The molecular formula is C9H12N2O3. The van der Waals surface area contributed by atoms with Gasteiger partial charge in [-0.25, -0.2) is 0 Å². The molecule has 1 atom stereocenters. The summed E-state index contributed by atoms with van der Waals surface area (Å²) < 4.78 is 0. The predicted octanol–water partition coefficient (Wildman–Crippen LogP) is 1.22. The van der Waals surface area contributed by atoms with E-state index in [0.717, 1.165) is 0 Å². The Balaban J connectivity index is 2.94. The fourth-order valence-electron chi connectivity index (χ4n) is 1.21. The highest BCUT2D eigenvalue weighted by atomic mass is 16.6. The van der Waals surface area contributed by atoms with Gasteiger partial charge in [-0.05, 0) is 19.9 Å². The molecule has 0 bridgehead atoms. The van der Waals surface area contributed by atoms with Crippen molar-refractivity contribution < 1.29 is 10.0 Å². The molecule has 76 valence electrons. The van der Waals surface area contributed by atoms with Gasteiger partial charge >= 0.3 is 0 Å². The molecule has 0 fully saturated rings. The molecule has 1 aromatic rings. The Labute approximate surface area is 81.6 Å². The van der Waals surface area contributed by atoms with E-state index in [9.17, 15) is 10.1 Å². The molecule has 0 spiro atoms. The number of aliphatic hydroxyl groups excluding tert-OH is 1. The summed E-state index contributed by atoms with van der Waals surface area (Å²) in [5.41, 5.74) is 1.25. The standard InChI is InChI=1S/C9H12N2O3/c1-6-3-8(4-7(2)12)10-5-9(6)11(13)14/h3,5,7,12H,4H2,1-2H3. The van der Waals surface area contributed by atoms with Crippen molar-refractivity contribution in [2.75, 3.05) is 0 Å². The average Bonchev–Trinajstić information content (AvgIpc) is 2.01. The lowest BCUT2D eigenvalue weighted by Crippen LogP contribution is -2.06. The van der Waals surface area contributed by atoms with Crippen LogP contribution in [0.4, 0.5) is 5.69 Å². The molecule has 5 nitrogen and oxygen atoms in total. The van der Waals surface area contributed by atoms with Crippen molar-refractivity contribution in [3.63, 3.8) is 0 Å². The van der Waals surface area contributed by atoms with Gasteiger partial charge < -0.3 is 5.11 Å². The smallest absolute Gasteiger partial charge is 0.290 e. The Kier molecular flexibility index (Phi) is 3.14. The van der Waals surface area contributed by atoms with Gasteiger partial charge in [0.2, 0.25) is 0 Å². The lowest BCUT2D eigenvalue weighted by Gasteiger charge is -2.04. The van der Waals surface area contributed by atoms with E-state index in [1.54, 1.807) is 19.9 Å². The molecule has 5 heteroatoms. The van der Waals surface area contributed by atoms with E-state index in [1.165, 1.54) is 6.20 Å². The van der Waals surface area contributed by atoms with Gasteiger partial charge in [-0.2, -0.15) is 0 Å². The molecule has 0 amide bonds. The zero-order valence-electron chi connectivity index (χ0n) is 8.10. The number of hydrogen-bond donors (Lipinski definition) is 1. The van der Waals surface area contributed by atoms with Crippen LogP contribution in [-0.2, 0) is 6.42 Å². The van der Waals surface area contributed by atoms with E-state index >= 15 is 0 Å². The van der Waals surface area contributed by atoms with Crippen LogP contribution in [0.2, 0.25) is 0 Å². The summed E-state index contributed by atoms with van der Waals surface area (Å²) in [6.45, 7) is 3.31. The van der Waals surface area contributed by atoms with Gasteiger partial charge in [0.1, 0.15) is 6.20 Å². The zero-order chi connectivity index (χ0) is 10.7. The minimum Gasteiger partial charge on any atom is -0.393 e.